The number of rotatable bonds is 4. The van der Waals surface area contributed by atoms with Gasteiger partial charge in [0.1, 0.15) is 11.6 Å². The lowest BCUT2D eigenvalue weighted by molar-refractivity contribution is 0.0934. The molecule has 2 rings (SSSR count). The van der Waals surface area contributed by atoms with Gasteiger partial charge in [0, 0.05) is 18.1 Å². The second-order valence-electron chi connectivity index (χ2n) is 4.14. The zero-order valence-corrected chi connectivity index (χ0v) is 10.5. The first-order valence-corrected chi connectivity index (χ1v) is 5.97. The third-order valence-electron chi connectivity index (χ3n) is 2.82. The Morgan fingerprint density at radius 1 is 1.58 bits per heavy atom. The molecule has 1 amide bonds. The molecule has 2 aromatic rings. The topological polar surface area (TPSA) is 83.8 Å². The molecule has 19 heavy (non-hydrogen) atoms. The third-order valence-corrected chi connectivity index (χ3v) is 2.82. The summed E-state index contributed by atoms with van der Waals surface area (Å²) >= 11 is 0. The van der Waals surface area contributed by atoms with Gasteiger partial charge in [-0.2, -0.15) is 0 Å². The van der Waals surface area contributed by atoms with E-state index in [9.17, 15) is 9.18 Å². The Morgan fingerprint density at radius 3 is 2.95 bits per heavy atom. The number of hydrogen-bond donors (Lipinski definition) is 3. The molecule has 0 saturated carbocycles. The van der Waals surface area contributed by atoms with Gasteiger partial charge in [-0.3, -0.25) is 4.79 Å². The first kappa shape index (κ1) is 13.1. The number of nitrogens with zero attached hydrogens (tertiary/aromatic N) is 1. The minimum Gasteiger partial charge on any atom is -0.398 e. The molecule has 1 aromatic heterocycles. The average Bonchev–Trinajstić information content (AvgIpc) is 2.89. The summed E-state index contributed by atoms with van der Waals surface area (Å²) in [6, 6.07) is 3.48. The SMILES string of the molecule is CCC(NC(=O)c1ccc(F)cc1N)c1ncc[nH]1. The molecule has 0 fully saturated rings. The van der Waals surface area contributed by atoms with Crippen molar-refractivity contribution in [2.45, 2.75) is 19.4 Å². The van der Waals surface area contributed by atoms with Crippen LogP contribution in [0, 0.1) is 5.82 Å². The predicted octanol–water partition coefficient (Wildman–Crippen LogP) is 2.01. The highest BCUT2D eigenvalue weighted by molar-refractivity contribution is 5.99. The zero-order chi connectivity index (χ0) is 13.8. The van der Waals surface area contributed by atoms with E-state index in [-0.39, 0.29) is 23.2 Å². The number of halogens is 1. The van der Waals surface area contributed by atoms with Crippen molar-refractivity contribution in [3.8, 4) is 0 Å². The first-order chi connectivity index (χ1) is 9.11. The number of carbonyl (C=O) groups excluding carboxylic acids is 1. The molecule has 0 aliphatic rings. The van der Waals surface area contributed by atoms with E-state index in [2.05, 4.69) is 15.3 Å². The highest BCUT2D eigenvalue weighted by Crippen LogP contribution is 2.17. The Balaban J connectivity index is 2.16. The van der Waals surface area contributed by atoms with Crippen molar-refractivity contribution in [1.82, 2.24) is 15.3 Å². The zero-order valence-electron chi connectivity index (χ0n) is 10.5. The lowest BCUT2D eigenvalue weighted by Gasteiger charge is -2.15. The summed E-state index contributed by atoms with van der Waals surface area (Å²) in [6.45, 7) is 1.93. The fourth-order valence-corrected chi connectivity index (χ4v) is 1.81. The Labute approximate surface area is 110 Å². The second kappa shape index (κ2) is 5.51. The number of nitrogen functional groups attached to an aromatic ring is 1. The van der Waals surface area contributed by atoms with Gasteiger partial charge in [-0.25, -0.2) is 9.37 Å². The summed E-state index contributed by atoms with van der Waals surface area (Å²) < 4.78 is 12.9. The Hall–Kier alpha value is -2.37. The lowest BCUT2D eigenvalue weighted by Crippen LogP contribution is -2.29. The number of hydrogen-bond acceptors (Lipinski definition) is 3. The van der Waals surface area contributed by atoms with Gasteiger partial charge in [0.2, 0.25) is 0 Å². The predicted molar refractivity (Wildman–Crippen MR) is 69.9 cm³/mol. The number of aromatic amines is 1. The lowest BCUT2D eigenvalue weighted by atomic mass is 10.1. The van der Waals surface area contributed by atoms with Crippen LogP contribution in [0.25, 0.3) is 0 Å². The van der Waals surface area contributed by atoms with Crippen LogP contribution < -0.4 is 11.1 Å². The quantitative estimate of drug-likeness (QED) is 0.737. The van der Waals surface area contributed by atoms with Crippen LogP contribution >= 0.6 is 0 Å². The Bertz CT molecular complexity index is 568. The van der Waals surface area contributed by atoms with Crippen molar-refractivity contribution in [1.29, 1.82) is 0 Å². The van der Waals surface area contributed by atoms with Gasteiger partial charge in [0.05, 0.1) is 11.6 Å². The van der Waals surface area contributed by atoms with Crippen LogP contribution in [-0.2, 0) is 0 Å². The molecular weight excluding hydrogens is 247 g/mol. The number of anilines is 1. The van der Waals surface area contributed by atoms with Gasteiger partial charge in [0.25, 0.3) is 5.91 Å². The van der Waals surface area contributed by atoms with E-state index in [0.717, 1.165) is 6.07 Å². The smallest absolute Gasteiger partial charge is 0.253 e. The molecule has 0 radical (unpaired) electrons. The summed E-state index contributed by atoms with van der Waals surface area (Å²) in [5.41, 5.74) is 6.01. The maximum Gasteiger partial charge on any atom is 0.253 e. The minimum absolute atomic E-state index is 0.117. The maximum atomic E-state index is 12.9. The summed E-state index contributed by atoms with van der Waals surface area (Å²) in [5, 5.41) is 2.81. The van der Waals surface area contributed by atoms with E-state index in [1.165, 1.54) is 12.1 Å². The fourth-order valence-electron chi connectivity index (χ4n) is 1.81. The number of amides is 1. The number of imidazole rings is 1. The summed E-state index contributed by atoms with van der Waals surface area (Å²) in [4.78, 5) is 19.1. The van der Waals surface area contributed by atoms with Crippen LogP contribution in [0.4, 0.5) is 10.1 Å². The number of nitrogens with one attached hydrogen (secondary N) is 2. The van der Waals surface area contributed by atoms with E-state index >= 15 is 0 Å². The Kier molecular flexibility index (Phi) is 3.79. The number of benzene rings is 1. The highest BCUT2D eigenvalue weighted by atomic mass is 19.1. The maximum absolute atomic E-state index is 12.9. The van der Waals surface area contributed by atoms with E-state index in [4.69, 9.17) is 5.73 Å². The molecule has 5 nitrogen and oxygen atoms in total. The molecule has 6 heteroatoms. The number of nitrogens with two attached hydrogens (primary N) is 1. The van der Waals surface area contributed by atoms with Crippen molar-refractivity contribution in [2.24, 2.45) is 0 Å². The first-order valence-electron chi connectivity index (χ1n) is 5.97. The molecule has 1 atom stereocenters. The van der Waals surface area contributed by atoms with Gasteiger partial charge in [-0.05, 0) is 24.6 Å². The standard InChI is InChI=1S/C13H15FN4O/c1-2-11(12-16-5-6-17-12)18-13(19)9-4-3-8(14)7-10(9)15/h3-7,11H,2,15H2,1H3,(H,16,17)(H,18,19). The summed E-state index contributed by atoms with van der Waals surface area (Å²) in [7, 11) is 0. The third kappa shape index (κ3) is 2.90. The van der Waals surface area contributed by atoms with Gasteiger partial charge in [-0.1, -0.05) is 6.92 Å². The molecule has 0 aliphatic heterocycles. The molecular formula is C13H15FN4O. The van der Waals surface area contributed by atoms with Gasteiger partial charge >= 0.3 is 0 Å². The number of H-pyrrole nitrogens is 1. The van der Waals surface area contributed by atoms with E-state index in [1.807, 2.05) is 6.92 Å². The van der Waals surface area contributed by atoms with E-state index < -0.39 is 5.82 Å². The molecule has 1 heterocycles. The summed E-state index contributed by atoms with van der Waals surface area (Å²) in [5.74, 6) is -0.135. The van der Waals surface area contributed by atoms with Crippen molar-refractivity contribution in [3.63, 3.8) is 0 Å². The normalized spacial score (nSPS) is 12.1. The minimum atomic E-state index is -0.466. The van der Waals surface area contributed by atoms with Crippen LogP contribution in [0.2, 0.25) is 0 Å². The summed E-state index contributed by atoms with van der Waals surface area (Å²) in [6.07, 6.45) is 3.99. The van der Waals surface area contributed by atoms with E-state index in [0.29, 0.717) is 12.2 Å². The largest absolute Gasteiger partial charge is 0.398 e. The van der Waals surface area contributed by atoms with Crippen LogP contribution in [0.5, 0.6) is 0 Å². The number of aromatic nitrogens is 2. The van der Waals surface area contributed by atoms with Gasteiger partial charge < -0.3 is 16.0 Å². The monoisotopic (exact) mass is 262 g/mol. The molecule has 0 bridgehead atoms. The van der Waals surface area contributed by atoms with E-state index in [1.54, 1.807) is 12.4 Å². The molecule has 4 N–H and O–H groups in total. The number of carbonyl (C=O) groups is 1. The fraction of sp³-hybridized carbons (Fsp3) is 0.231. The van der Waals surface area contributed by atoms with Crippen LogP contribution in [0.1, 0.15) is 35.6 Å². The highest BCUT2D eigenvalue weighted by Gasteiger charge is 2.17. The molecule has 0 saturated heterocycles. The molecule has 0 spiro atoms. The molecule has 0 aliphatic carbocycles. The molecule has 100 valence electrons. The second-order valence-corrected chi connectivity index (χ2v) is 4.14. The van der Waals surface area contributed by atoms with Crippen LogP contribution in [0.3, 0.4) is 0 Å². The van der Waals surface area contributed by atoms with Crippen molar-refractivity contribution in [3.05, 3.63) is 47.8 Å². The molecule has 1 unspecified atom stereocenters. The van der Waals surface area contributed by atoms with Crippen molar-refractivity contribution >= 4 is 11.6 Å². The van der Waals surface area contributed by atoms with Gasteiger partial charge in [-0.15, -0.1) is 0 Å². The Morgan fingerprint density at radius 2 is 2.37 bits per heavy atom. The van der Waals surface area contributed by atoms with Gasteiger partial charge in [0.15, 0.2) is 0 Å². The molecule has 1 aromatic carbocycles. The average molecular weight is 262 g/mol. The van der Waals surface area contributed by atoms with Crippen LogP contribution in [-0.4, -0.2) is 15.9 Å². The van der Waals surface area contributed by atoms with Crippen molar-refractivity contribution in [2.75, 3.05) is 5.73 Å². The van der Waals surface area contributed by atoms with Crippen molar-refractivity contribution < 1.29 is 9.18 Å². The van der Waals surface area contributed by atoms with Crippen LogP contribution in [0.15, 0.2) is 30.6 Å².